The van der Waals surface area contributed by atoms with Crippen molar-refractivity contribution >= 4 is 17.4 Å². The van der Waals surface area contributed by atoms with E-state index in [-0.39, 0.29) is 17.5 Å². The first kappa shape index (κ1) is 39.9. The number of carbonyl (C=O) groups is 1. The number of piperidine rings is 1. The number of phenolic OH excluding ortho intramolecular Hbond substituents is 1. The highest BCUT2D eigenvalue weighted by Gasteiger charge is 2.37. The molecule has 6 rings (SSSR count). The van der Waals surface area contributed by atoms with Crippen LogP contribution in [0.3, 0.4) is 0 Å². The smallest absolute Gasteiger partial charge is 0.337 e. The van der Waals surface area contributed by atoms with Gasteiger partial charge in [-0.05, 0) is 102 Å². The van der Waals surface area contributed by atoms with Crippen LogP contribution in [-0.2, 0) is 30.3 Å². The van der Waals surface area contributed by atoms with E-state index in [1.165, 1.54) is 0 Å². The Labute approximate surface area is 324 Å². The molecule has 1 fully saturated rings. The van der Waals surface area contributed by atoms with Crippen LogP contribution in [0, 0.1) is 13.8 Å². The standard InChI is InChI=1S/C45H55N3O7/c1-30-16-17-36(38(49)24-30)34-14-11-15-35(26-34)37-27-48-39(46-37)25-31(2)40(41(43(50)51)55-44(4,5)6)42(48)47-20-18-45(7,19-21-47)54-23-22-52-28-32(3)53-29-33-12-9-8-10-13-33/h8-17,24-27,32,41,49H,18-23,28-29H2,1-7H3,(H,50,51)/t32-,41+/m1/s1. The van der Waals surface area contributed by atoms with E-state index in [4.69, 9.17) is 23.9 Å². The second-order valence-electron chi connectivity index (χ2n) is 15.9. The first-order valence-corrected chi connectivity index (χ1v) is 19.2. The molecule has 2 N–H and O–H groups in total. The molecule has 1 aliphatic rings. The molecule has 5 aromatic rings. The van der Waals surface area contributed by atoms with Gasteiger partial charge in [-0.1, -0.05) is 60.7 Å². The summed E-state index contributed by atoms with van der Waals surface area (Å²) in [5.74, 6) is -0.0669. The van der Waals surface area contributed by atoms with Crippen molar-refractivity contribution in [1.29, 1.82) is 0 Å². The van der Waals surface area contributed by atoms with Gasteiger partial charge in [0.05, 0.1) is 49.4 Å². The number of anilines is 1. The van der Waals surface area contributed by atoms with E-state index in [0.717, 1.165) is 57.7 Å². The van der Waals surface area contributed by atoms with E-state index >= 15 is 0 Å². The summed E-state index contributed by atoms with van der Waals surface area (Å²) in [7, 11) is 0. The molecule has 0 bridgehead atoms. The SMILES string of the molecule is Cc1ccc(-c2cccc(-c3cn4c(N5CCC(C)(OCCOC[C@@H](C)OCc6ccccc6)CC5)c([C@H](OC(C)(C)C)C(=O)O)c(C)cc4n3)c2)c(O)c1. The molecule has 55 heavy (non-hydrogen) atoms. The minimum atomic E-state index is -1.20. The normalized spacial score (nSPS) is 15.7. The molecule has 10 heteroatoms. The summed E-state index contributed by atoms with van der Waals surface area (Å²) >= 11 is 0. The number of hydrogen-bond donors (Lipinski definition) is 2. The average molecular weight is 750 g/mol. The van der Waals surface area contributed by atoms with Gasteiger partial charge in [0.2, 0.25) is 0 Å². The van der Waals surface area contributed by atoms with Gasteiger partial charge < -0.3 is 34.1 Å². The van der Waals surface area contributed by atoms with Crippen molar-refractivity contribution in [3.63, 3.8) is 0 Å². The first-order chi connectivity index (χ1) is 26.2. The van der Waals surface area contributed by atoms with E-state index in [9.17, 15) is 15.0 Å². The molecule has 0 spiro atoms. The predicted molar refractivity (Wildman–Crippen MR) is 216 cm³/mol. The Morgan fingerprint density at radius 2 is 1.67 bits per heavy atom. The summed E-state index contributed by atoms with van der Waals surface area (Å²) in [6, 6.07) is 25.7. The van der Waals surface area contributed by atoms with Crippen molar-refractivity contribution in [2.45, 2.75) is 91.3 Å². The van der Waals surface area contributed by atoms with Gasteiger partial charge in [-0.2, -0.15) is 0 Å². The van der Waals surface area contributed by atoms with Crippen molar-refractivity contribution < 1.29 is 34.0 Å². The fourth-order valence-corrected chi connectivity index (χ4v) is 7.14. The molecule has 2 atom stereocenters. The van der Waals surface area contributed by atoms with Gasteiger partial charge in [-0.15, -0.1) is 0 Å². The lowest BCUT2D eigenvalue weighted by molar-refractivity contribution is -0.160. The van der Waals surface area contributed by atoms with E-state index in [1.54, 1.807) is 6.07 Å². The fourth-order valence-electron chi connectivity index (χ4n) is 7.14. The molecule has 10 nitrogen and oxygen atoms in total. The van der Waals surface area contributed by atoms with E-state index < -0.39 is 17.7 Å². The monoisotopic (exact) mass is 749 g/mol. The highest BCUT2D eigenvalue weighted by atomic mass is 16.6. The highest BCUT2D eigenvalue weighted by molar-refractivity contribution is 5.80. The molecule has 0 saturated carbocycles. The van der Waals surface area contributed by atoms with Crippen molar-refractivity contribution in [1.82, 2.24) is 9.38 Å². The molecule has 0 amide bonds. The molecule has 3 aromatic carbocycles. The molecule has 0 radical (unpaired) electrons. The number of phenols is 1. The number of pyridine rings is 1. The number of carboxylic acids is 1. The van der Waals surface area contributed by atoms with Crippen LogP contribution in [0.1, 0.15) is 75.8 Å². The Balaban J connectivity index is 1.21. The number of ether oxygens (including phenoxy) is 4. The van der Waals surface area contributed by atoms with Gasteiger partial charge in [-0.3, -0.25) is 4.40 Å². The molecular formula is C45H55N3O7. The van der Waals surface area contributed by atoms with Gasteiger partial charge in [0.15, 0.2) is 6.10 Å². The molecule has 1 aliphatic heterocycles. The van der Waals surface area contributed by atoms with E-state index in [1.807, 2.05) is 125 Å². The lowest BCUT2D eigenvalue weighted by Gasteiger charge is -2.41. The number of benzene rings is 3. The van der Waals surface area contributed by atoms with Crippen molar-refractivity contribution in [2.24, 2.45) is 0 Å². The Kier molecular flexibility index (Phi) is 12.3. The summed E-state index contributed by atoms with van der Waals surface area (Å²) in [4.78, 5) is 20.2. The summed E-state index contributed by atoms with van der Waals surface area (Å²) in [5.41, 5.74) is 6.39. The van der Waals surface area contributed by atoms with Crippen LogP contribution in [0.2, 0.25) is 0 Å². The third-order valence-electron chi connectivity index (χ3n) is 10.1. The second kappa shape index (κ2) is 17.0. The van der Waals surface area contributed by atoms with Gasteiger partial charge >= 0.3 is 5.97 Å². The second-order valence-corrected chi connectivity index (χ2v) is 15.9. The maximum Gasteiger partial charge on any atom is 0.337 e. The van der Waals surface area contributed by atoms with Crippen LogP contribution in [0.15, 0.2) is 85.1 Å². The number of hydrogen-bond acceptors (Lipinski definition) is 8. The Bertz CT molecular complexity index is 2080. The van der Waals surface area contributed by atoms with Gasteiger partial charge in [0.25, 0.3) is 0 Å². The summed E-state index contributed by atoms with van der Waals surface area (Å²) < 4.78 is 26.5. The number of nitrogens with zero attached hydrogens (tertiary/aromatic N) is 3. The van der Waals surface area contributed by atoms with Crippen LogP contribution < -0.4 is 4.90 Å². The zero-order chi connectivity index (χ0) is 39.3. The topological polar surface area (TPSA) is 115 Å². The van der Waals surface area contributed by atoms with Crippen LogP contribution in [0.5, 0.6) is 5.75 Å². The largest absolute Gasteiger partial charge is 0.507 e. The minimum Gasteiger partial charge on any atom is -0.507 e. The lowest BCUT2D eigenvalue weighted by Crippen LogP contribution is -2.46. The van der Waals surface area contributed by atoms with Crippen LogP contribution >= 0.6 is 0 Å². The molecule has 0 aliphatic carbocycles. The zero-order valence-corrected chi connectivity index (χ0v) is 33.2. The van der Waals surface area contributed by atoms with E-state index in [2.05, 4.69) is 11.8 Å². The van der Waals surface area contributed by atoms with Crippen LogP contribution in [0.4, 0.5) is 5.82 Å². The number of fused-ring (bicyclic) bond motifs is 1. The number of aryl methyl sites for hydroxylation is 2. The van der Waals surface area contributed by atoms with Crippen molar-refractivity contribution in [2.75, 3.05) is 37.8 Å². The number of aliphatic carboxylic acids is 1. The van der Waals surface area contributed by atoms with Crippen LogP contribution in [-0.4, -0.2) is 75.8 Å². The third kappa shape index (κ3) is 9.93. The molecule has 0 unspecified atom stereocenters. The molecule has 2 aromatic heterocycles. The summed E-state index contributed by atoms with van der Waals surface area (Å²) in [5, 5.41) is 21.3. The van der Waals surface area contributed by atoms with Crippen LogP contribution in [0.25, 0.3) is 28.0 Å². The Morgan fingerprint density at radius 3 is 2.36 bits per heavy atom. The maximum atomic E-state index is 12.9. The predicted octanol–water partition coefficient (Wildman–Crippen LogP) is 8.93. The number of imidazole rings is 1. The molecule has 292 valence electrons. The molecular weight excluding hydrogens is 695 g/mol. The quantitative estimate of drug-likeness (QED) is 0.101. The highest BCUT2D eigenvalue weighted by Crippen LogP contribution is 2.40. The average Bonchev–Trinajstić information content (AvgIpc) is 3.57. The van der Waals surface area contributed by atoms with Gasteiger partial charge in [-0.25, -0.2) is 9.78 Å². The van der Waals surface area contributed by atoms with Crippen molar-refractivity contribution in [3.05, 3.63) is 107 Å². The van der Waals surface area contributed by atoms with E-state index in [0.29, 0.717) is 50.7 Å². The minimum absolute atomic E-state index is 0.0366. The first-order valence-electron chi connectivity index (χ1n) is 19.2. The maximum absolute atomic E-state index is 12.9. The summed E-state index contributed by atoms with van der Waals surface area (Å²) in [6.45, 7) is 16.9. The third-order valence-corrected chi connectivity index (χ3v) is 10.1. The fraction of sp³-hybridized carbons (Fsp3) is 0.422. The lowest BCUT2D eigenvalue weighted by atomic mass is 9.92. The number of aromatic nitrogens is 2. The van der Waals surface area contributed by atoms with Crippen molar-refractivity contribution in [3.8, 4) is 28.1 Å². The Morgan fingerprint density at radius 1 is 0.945 bits per heavy atom. The number of aromatic hydroxyl groups is 1. The molecule has 3 heterocycles. The zero-order valence-electron chi connectivity index (χ0n) is 33.2. The number of rotatable bonds is 15. The van der Waals surface area contributed by atoms with Gasteiger partial charge in [0.1, 0.15) is 17.2 Å². The molecule has 1 saturated heterocycles. The van der Waals surface area contributed by atoms with Gasteiger partial charge in [0, 0.05) is 36.0 Å². The number of carboxylic acid groups (broad SMARTS) is 1. The summed E-state index contributed by atoms with van der Waals surface area (Å²) in [6.07, 6.45) is 2.22. The Hall–Kier alpha value is -4.74.